The molecule has 1 aromatic heterocycles. The highest BCUT2D eigenvalue weighted by Gasteiger charge is 2.24. The molecule has 0 amide bonds. The summed E-state index contributed by atoms with van der Waals surface area (Å²) in [7, 11) is 0. The van der Waals surface area contributed by atoms with Crippen LogP contribution in [0.4, 0.5) is 0 Å². The topological polar surface area (TPSA) is 35.0 Å². The standard InChI is InChI=1S/C30H46N2O/c1-3-5-7-8-9-11-12-25-16-20-29(21-17-25)33-24-26-14-18-28(19-15-26)30-31-22-27(23-32-30)13-10-6-4-2/h16-17,20-23,26,28H,3-15,18-19,24H2,1-2H3. The van der Waals surface area contributed by atoms with Crippen LogP contribution in [0.25, 0.3) is 0 Å². The lowest BCUT2D eigenvalue weighted by Crippen LogP contribution is -2.20. The predicted octanol–water partition coefficient (Wildman–Crippen LogP) is 8.47. The maximum atomic E-state index is 6.14. The molecule has 1 fully saturated rings. The SMILES string of the molecule is CCCCCCCCc1ccc(OCC2CCC(c3ncc(CCCCC)cn3)CC2)cc1. The smallest absolute Gasteiger partial charge is 0.131 e. The zero-order chi connectivity index (χ0) is 23.1. The van der Waals surface area contributed by atoms with Gasteiger partial charge in [0, 0.05) is 18.3 Å². The van der Waals surface area contributed by atoms with Gasteiger partial charge in [0.25, 0.3) is 0 Å². The Morgan fingerprint density at radius 2 is 1.27 bits per heavy atom. The molecule has 2 aromatic rings. The van der Waals surface area contributed by atoms with Crippen LogP contribution in [0.2, 0.25) is 0 Å². The first-order chi connectivity index (χ1) is 16.3. The molecule has 0 spiro atoms. The Morgan fingerprint density at radius 3 is 1.97 bits per heavy atom. The summed E-state index contributed by atoms with van der Waals surface area (Å²) in [5, 5.41) is 0. The summed E-state index contributed by atoms with van der Waals surface area (Å²) in [6.45, 7) is 5.35. The van der Waals surface area contributed by atoms with E-state index in [1.807, 2.05) is 0 Å². The molecule has 1 heterocycles. The van der Waals surface area contributed by atoms with Crippen LogP contribution in [0.1, 0.15) is 120 Å². The van der Waals surface area contributed by atoms with Crippen molar-refractivity contribution in [2.75, 3.05) is 6.61 Å². The summed E-state index contributed by atoms with van der Waals surface area (Å²) in [6.07, 6.45) is 23.1. The van der Waals surface area contributed by atoms with Gasteiger partial charge >= 0.3 is 0 Å². The molecule has 182 valence electrons. The summed E-state index contributed by atoms with van der Waals surface area (Å²) < 4.78 is 6.14. The highest BCUT2D eigenvalue weighted by molar-refractivity contribution is 5.27. The number of unbranched alkanes of at least 4 members (excludes halogenated alkanes) is 7. The molecule has 3 heteroatoms. The van der Waals surface area contributed by atoms with E-state index in [1.54, 1.807) is 0 Å². The van der Waals surface area contributed by atoms with Crippen molar-refractivity contribution in [3.05, 3.63) is 53.6 Å². The van der Waals surface area contributed by atoms with Crippen LogP contribution in [0, 0.1) is 5.92 Å². The Labute approximate surface area is 202 Å². The van der Waals surface area contributed by atoms with Crippen molar-refractivity contribution in [3.63, 3.8) is 0 Å². The molecule has 3 rings (SSSR count). The largest absolute Gasteiger partial charge is 0.493 e. The van der Waals surface area contributed by atoms with Gasteiger partial charge < -0.3 is 4.74 Å². The normalized spacial score (nSPS) is 18.4. The third kappa shape index (κ3) is 9.47. The highest BCUT2D eigenvalue weighted by atomic mass is 16.5. The molecule has 1 aliphatic carbocycles. The molecule has 3 nitrogen and oxygen atoms in total. The maximum absolute atomic E-state index is 6.14. The van der Waals surface area contributed by atoms with E-state index in [4.69, 9.17) is 14.7 Å². The molecular formula is C30H46N2O. The minimum Gasteiger partial charge on any atom is -0.493 e. The van der Waals surface area contributed by atoms with E-state index >= 15 is 0 Å². The van der Waals surface area contributed by atoms with Gasteiger partial charge in [-0.15, -0.1) is 0 Å². The number of ether oxygens (including phenoxy) is 1. The summed E-state index contributed by atoms with van der Waals surface area (Å²) in [6, 6.07) is 8.82. The van der Waals surface area contributed by atoms with Crippen molar-refractivity contribution in [1.82, 2.24) is 9.97 Å². The van der Waals surface area contributed by atoms with Gasteiger partial charge in [-0.05, 0) is 80.5 Å². The van der Waals surface area contributed by atoms with Crippen LogP contribution in [0.5, 0.6) is 5.75 Å². The molecule has 0 unspecified atom stereocenters. The second-order valence-corrected chi connectivity index (χ2v) is 10.1. The average Bonchev–Trinajstić information content (AvgIpc) is 2.86. The van der Waals surface area contributed by atoms with Gasteiger partial charge in [-0.2, -0.15) is 0 Å². The van der Waals surface area contributed by atoms with Crippen LogP contribution in [0.3, 0.4) is 0 Å². The van der Waals surface area contributed by atoms with Gasteiger partial charge in [-0.25, -0.2) is 9.97 Å². The fraction of sp³-hybridized carbons (Fsp3) is 0.667. The first-order valence-corrected chi connectivity index (χ1v) is 13.8. The monoisotopic (exact) mass is 450 g/mol. The summed E-state index contributed by atoms with van der Waals surface area (Å²) in [4.78, 5) is 9.41. The molecule has 0 N–H and O–H groups in total. The quantitative estimate of drug-likeness (QED) is 0.255. The Balaban J connectivity index is 1.31. The van der Waals surface area contributed by atoms with Crippen molar-refractivity contribution in [2.45, 2.75) is 116 Å². The summed E-state index contributed by atoms with van der Waals surface area (Å²) in [5.41, 5.74) is 2.72. The van der Waals surface area contributed by atoms with Crippen LogP contribution in [-0.4, -0.2) is 16.6 Å². The number of rotatable bonds is 15. The molecule has 0 radical (unpaired) electrons. The lowest BCUT2D eigenvalue weighted by Gasteiger charge is -2.27. The minimum absolute atomic E-state index is 0.521. The minimum atomic E-state index is 0.521. The van der Waals surface area contributed by atoms with Gasteiger partial charge in [0.2, 0.25) is 0 Å². The molecular weight excluding hydrogens is 404 g/mol. The van der Waals surface area contributed by atoms with E-state index in [1.165, 1.54) is 101 Å². The van der Waals surface area contributed by atoms with Crippen molar-refractivity contribution in [3.8, 4) is 5.75 Å². The van der Waals surface area contributed by atoms with Crippen LogP contribution in [-0.2, 0) is 12.8 Å². The Bertz CT molecular complexity index is 748. The van der Waals surface area contributed by atoms with Crippen LogP contribution in [0.15, 0.2) is 36.7 Å². The Kier molecular flexibility index (Phi) is 11.8. The fourth-order valence-electron chi connectivity index (χ4n) is 4.95. The Hall–Kier alpha value is -1.90. The van der Waals surface area contributed by atoms with Crippen molar-refractivity contribution in [1.29, 1.82) is 0 Å². The molecule has 0 bridgehead atoms. The Morgan fingerprint density at radius 1 is 0.697 bits per heavy atom. The van der Waals surface area contributed by atoms with E-state index in [0.29, 0.717) is 11.8 Å². The molecule has 1 saturated carbocycles. The second kappa shape index (κ2) is 15.1. The zero-order valence-electron chi connectivity index (χ0n) is 21.2. The fourth-order valence-corrected chi connectivity index (χ4v) is 4.95. The average molecular weight is 451 g/mol. The van der Waals surface area contributed by atoms with Crippen LogP contribution < -0.4 is 4.74 Å². The number of aryl methyl sites for hydroxylation is 2. The van der Waals surface area contributed by atoms with E-state index < -0.39 is 0 Å². The van der Waals surface area contributed by atoms with E-state index in [9.17, 15) is 0 Å². The number of hydrogen-bond acceptors (Lipinski definition) is 3. The summed E-state index contributed by atoms with van der Waals surface area (Å²) >= 11 is 0. The molecule has 0 aliphatic heterocycles. The van der Waals surface area contributed by atoms with Crippen LogP contribution >= 0.6 is 0 Å². The number of nitrogens with zero attached hydrogens (tertiary/aromatic N) is 2. The van der Waals surface area contributed by atoms with E-state index in [2.05, 4.69) is 50.5 Å². The van der Waals surface area contributed by atoms with Gasteiger partial charge in [-0.1, -0.05) is 70.9 Å². The van der Waals surface area contributed by atoms with Gasteiger partial charge in [-0.3, -0.25) is 0 Å². The van der Waals surface area contributed by atoms with Crippen molar-refractivity contribution >= 4 is 0 Å². The number of aromatic nitrogens is 2. The summed E-state index contributed by atoms with van der Waals surface area (Å²) in [5.74, 6) is 3.24. The predicted molar refractivity (Wildman–Crippen MR) is 139 cm³/mol. The third-order valence-electron chi connectivity index (χ3n) is 7.23. The second-order valence-electron chi connectivity index (χ2n) is 10.1. The highest BCUT2D eigenvalue weighted by Crippen LogP contribution is 2.34. The first kappa shape index (κ1) is 25.7. The first-order valence-electron chi connectivity index (χ1n) is 13.8. The number of hydrogen-bond donors (Lipinski definition) is 0. The number of benzene rings is 1. The third-order valence-corrected chi connectivity index (χ3v) is 7.23. The van der Waals surface area contributed by atoms with E-state index in [-0.39, 0.29) is 0 Å². The lowest BCUT2D eigenvalue weighted by atomic mass is 9.82. The zero-order valence-corrected chi connectivity index (χ0v) is 21.2. The molecule has 0 saturated heterocycles. The molecule has 1 aliphatic rings. The van der Waals surface area contributed by atoms with Crippen molar-refractivity contribution < 1.29 is 4.74 Å². The maximum Gasteiger partial charge on any atom is 0.131 e. The van der Waals surface area contributed by atoms with Gasteiger partial charge in [0.15, 0.2) is 0 Å². The lowest BCUT2D eigenvalue weighted by molar-refractivity contribution is 0.198. The van der Waals surface area contributed by atoms with Crippen molar-refractivity contribution in [2.24, 2.45) is 5.92 Å². The van der Waals surface area contributed by atoms with Gasteiger partial charge in [0.05, 0.1) is 6.61 Å². The van der Waals surface area contributed by atoms with E-state index in [0.717, 1.165) is 24.6 Å². The molecule has 0 atom stereocenters. The molecule has 1 aromatic carbocycles. The molecule has 33 heavy (non-hydrogen) atoms. The van der Waals surface area contributed by atoms with Gasteiger partial charge in [0.1, 0.15) is 11.6 Å².